The fourth-order valence-electron chi connectivity index (χ4n) is 23.0. The Kier molecular flexibility index (Phi) is 55.0. The van der Waals surface area contributed by atoms with E-state index in [0.29, 0.717) is 195 Å². The van der Waals surface area contributed by atoms with Crippen LogP contribution in [0.5, 0.6) is 11.5 Å². The van der Waals surface area contributed by atoms with Gasteiger partial charge in [0.2, 0.25) is 11.8 Å². The van der Waals surface area contributed by atoms with Gasteiger partial charge >= 0.3 is 5.97 Å². The van der Waals surface area contributed by atoms with Crippen molar-refractivity contribution >= 4 is 79.3 Å². The summed E-state index contributed by atoms with van der Waals surface area (Å²) in [5.41, 5.74) is 11.6. The number of hydrogen-bond acceptors (Lipinski definition) is 15. The van der Waals surface area contributed by atoms with Crippen LogP contribution in [0.1, 0.15) is 390 Å². The number of nitrogens with two attached hydrogens (primary N) is 1. The fraction of sp³-hybridized carbons (Fsp3) is 0.889. The molecule has 0 bridgehead atoms. The maximum Gasteiger partial charge on any atom is 0.306 e. The number of esters is 1. The molecular weight excluding hydrogens is 1620 g/mol. The van der Waals surface area contributed by atoms with Crippen LogP contribution in [0.2, 0.25) is 99.7 Å². The first kappa shape index (κ1) is 118. The summed E-state index contributed by atoms with van der Waals surface area (Å²) in [5, 5.41) is 6.17. The molecule has 716 valence electrons. The van der Waals surface area contributed by atoms with Crippen molar-refractivity contribution in [2.24, 2.45) is 11.1 Å². The molecular formula is C99H197N3O14Si6. The van der Waals surface area contributed by atoms with Crippen LogP contribution in [0.4, 0.5) is 0 Å². The molecule has 2 amide bonds. The predicted molar refractivity (Wildman–Crippen MR) is 532 cm³/mol. The van der Waals surface area contributed by atoms with Gasteiger partial charge in [0.25, 0.3) is 0 Å². The van der Waals surface area contributed by atoms with E-state index in [4.69, 9.17) is 46.5 Å². The van der Waals surface area contributed by atoms with Crippen LogP contribution in [0.25, 0.3) is 0 Å². The van der Waals surface area contributed by atoms with Crippen LogP contribution in [0.15, 0.2) is 18.2 Å². The minimum atomic E-state index is -2.38. The quantitative estimate of drug-likeness (QED) is 0.0314. The number of ether oxygens (including phenoxy) is 3. The third kappa shape index (κ3) is 34.4. The molecule has 0 unspecified atom stereocenters. The van der Waals surface area contributed by atoms with Crippen molar-refractivity contribution in [3.63, 3.8) is 0 Å². The van der Waals surface area contributed by atoms with E-state index in [1.165, 1.54) is 0 Å². The van der Waals surface area contributed by atoms with Gasteiger partial charge in [0.05, 0.1) is 52.5 Å². The first-order chi connectivity index (χ1) is 56.8. The van der Waals surface area contributed by atoms with E-state index >= 15 is 0 Å². The number of Topliss-reactive ketones (excluding diaryl/α,β-unsaturated/α-hetero) is 2. The highest BCUT2D eigenvalue weighted by Crippen LogP contribution is 2.51. The Hall–Kier alpha value is -2.41. The molecule has 4 N–H and O–H groups in total. The number of rotatable bonds is 71. The molecule has 1 rings (SSSR count). The van der Waals surface area contributed by atoms with Gasteiger partial charge < -0.3 is 57.1 Å². The van der Waals surface area contributed by atoms with E-state index in [1.807, 2.05) is 18.2 Å². The lowest BCUT2D eigenvalue weighted by molar-refractivity contribution is -0.146. The Balaban J connectivity index is 3.28. The second-order valence-electron chi connectivity index (χ2n) is 43.0. The van der Waals surface area contributed by atoms with Gasteiger partial charge in [-0.1, -0.05) is 326 Å². The monoisotopic (exact) mass is 1820 g/mol. The molecule has 0 aromatic heterocycles. The van der Waals surface area contributed by atoms with Crippen molar-refractivity contribution in [1.29, 1.82) is 0 Å². The molecule has 0 spiro atoms. The molecule has 0 radical (unpaired) electrons. The third-order valence-corrected chi connectivity index (χ3v) is 65.1. The van der Waals surface area contributed by atoms with E-state index in [1.54, 1.807) is 0 Å². The minimum absolute atomic E-state index is 0.0264. The number of carbonyl (C=O) groups is 5. The molecule has 0 saturated heterocycles. The summed E-state index contributed by atoms with van der Waals surface area (Å²) in [4.78, 5) is 66.6. The van der Waals surface area contributed by atoms with Crippen molar-refractivity contribution < 1.29 is 64.7 Å². The van der Waals surface area contributed by atoms with Gasteiger partial charge in [0.15, 0.2) is 55.7 Å². The van der Waals surface area contributed by atoms with E-state index in [2.05, 4.69) is 260 Å². The Morgan fingerprint density at radius 2 is 0.615 bits per heavy atom. The molecule has 0 heterocycles. The second-order valence-corrected chi connectivity index (χ2v) is 75.7. The second kappa shape index (κ2) is 57.0. The van der Waals surface area contributed by atoms with Crippen LogP contribution >= 0.6 is 0 Å². The van der Waals surface area contributed by atoms with Gasteiger partial charge in [-0.05, 0) is 138 Å². The van der Waals surface area contributed by atoms with Crippen LogP contribution < -0.4 is 25.8 Å². The van der Waals surface area contributed by atoms with Crippen LogP contribution in [-0.4, -0.2) is 151 Å². The molecule has 1 aromatic carbocycles. The number of benzene rings is 1. The van der Waals surface area contributed by atoms with Gasteiger partial charge in [-0.3, -0.25) is 24.0 Å². The Morgan fingerprint density at radius 3 is 0.926 bits per heavy atom. The third-order valence-electron chi connectivity index (χ3n) is 28.8. The van der Waals surface area contributed by atoms with Gasteiger partial charge in [0.1, 0.15) is 29.4 Å². The zero-order valence-electron chi connectivity index (χ0n) is 86.0. The maximum atomic E-state index is 14.9. The minimum Gasteiger partial charge on any atom is -0.493 e. The topological polar surface area (TPSA) is 219 Å². The Bertz CT molecular complexity index is 2770. The summed E-state index contributed by atoms with van der Waals surface area (Å²) in [6.07, 6.45) is 17.4. The van der Waals surface area contributed by atoms with Gasteiger partial charge in [-0.2, -0.15) is 0 Å². The standard InChI is InChI=1S/C99H197N3O14Si6/c1-72(2)117(73(3)4,74(5)6)111-66-98(67-112-118(75(7)8,76(9)10)77(11)12,68-113-119(78(13)14,79(15)16)80(17)18)62-91(103)53-49-45-41-37-39-44-48-52-60-109-94-61-93(57-55-90(94)65-110-97(107)58-56-92(104)64-101-96(106)63-100)108-59-51-47-43-40-38-42-46-50-54-95(105)102-99(69-114-120(81(19)20,82(21)22)83(23)24,70-115-121(84(25)26,85(27)28)86(29)30)71-116-122(87(31)32,88(33)34)89(35)36/h55,57,61,72-89H,37-54,56,58-60,62-71,100H2,1-36H3,(H,101,106)(H,102,105). The summed E-state index contributed by atoms with van der Waals surface area (Å²) in [5.74, 6) is 0.395. The summed E-state index contributed by atoms with van der Waals surface area (Å²) >= 11 is 0. The van der Waals surface area contributed by atoms with E-state index in [9.17, 15) is 24.0 Å². The average molecular weight is 1820 g/mol. The molecule has 1 aromatic rings. The highest BCUT2D eigenvalue weighted by Gasteiger charge is 2.56. The molecule has 0 aliphatic rings. The maximum absolute atomic E-state index is 14.9. The number of hydrogen-bond donors (Lipinski definition) is 3. The number of carbonyl (C=O) groups excluding carboxylic acids is 5. The molecule has 17 nitrogen and oxygen atoms in total. The average Bonchev–Trinajstić information content (AvgIpc) is 0.775. The van der Waals surface area contributed by atoms with Gasteiger partial charge in [-0.15, -0.1) is 0 Å². The molecule has 0 fully saturated rings. The number of unbranched alkanes of at least 4 members (excludes halogenated alkanes) is 14. The molecule has 122 heavy (non-hydrogen) atoms. The van der Waals surface area contributed by atoms with Crippen LogP contribution in [0, 0.1) is 5.41 Å². The number of amides is 2. The van der Waals surface area contributed by atoms with Crippen LogP contribution in [-0.2, 0) is 61.9 Å². The van der Waals surface area contributed by atoms with Crippen molar-refractivity contribution in [1.82, 2.24) is 10.6 Å². The van der Waals surface area contributed by atoms with E-state index < -0.39 is 72.7 Å². The number of ketones is 2. The zero-order chi connectivity index (χ0) is 93.5. The fourth-order valence-corrected chi connectivity index (χ4v) is 56.3. The highest BCUT2D eigenvalue weighted by molar-refractivity contribution is 6.80. The lowest BCUT2D eigenvalue weighted by atomic mass is 9.84. The summed E-state index contributed by atoms with van der Waals surface area (Å²) in [7, 11) is -14.2. The molecule has 0 saturated carbocycles. The molecule has 23 heteroatoms. The molecule has 0 aliphatic heterocycles. The zero-order valence-corrected chi connectivity index (χ0v) is 92.0. The Labute approximate surface area is 758 Å². The van der Waals surface area contributed by atoms with Crippen molar-refractivity contribution in [3.8, 4) is 11.5 Å². The lowest BCUT2D eigenvalue weighted by Crippen LogP contribution is -2.65. The summed E-state index contributed by atoms with van der Waals surface area (Å²) in [6, 6.07) is 5.68. The van der Waals surface area contributed by atoms with Crippen molar-refractivity contribution in [3.05, 3.63) is 23.8 Å². The summed E-state index contributed by atoms with van der Waals surface area (Å²) < 4.78 is 64.2. The first-order valence-corrected chi connectivity index (χ1v) is 62.3. The lowest BCUT2D eigenvalue weighted by Gasteiger charge is -2.50. The van der Waals surface area contributed by atoms with Crippen molar-refractivity contribution in [2.75, 3.05) is 65.9 Å². The summed E-state index contributed by atoms with van der Waals surface area (Å²) in [6.45, 7) is 87.6. The van der Waals surface area contributed by atoms with Crippen LogP contribution in [0.3, 0.4) is 0 Å². The highest BCUT2D eigenvalue weighted by atomic mass is 28.4. The number of nitrogens with one attached hydrogen (secondary N) is 2. The molecule has 0 atom stereocenters. The largest absolute Gasteiger partial charge is 0.493 e. The SMILES string of the molecule is CC(C)[Si](OCC(CO[Si](C(C)C)(C(C)C)C(C)C)(CO[Si](C(C)C)(C(C)C)C(C)C)CC(=O)CCCCCCCCCCOc1cc(OCCCCCCCCCCC(=O)NC(CO[Si](C(C)C)(C(C)C)C(C)C)(CO[Si](C(C)C)(C(C)C)C(C)C)CO[Si](C(C)C)(C(C)C)C(C)C)ccc1COC(=O)CCC(=O)CNC(=O)CN)(C(C)C)C(C)C. The van der Waals surface area contributed by atoms with Crippen molar-refractivity contribution in [2.45, 2.75) is 496 Å². The predicted octanol–water partition coefficient (Wildman–Crippen LogP) is 27.9. The first-order valence-electron chi connectivity index (χ1n) is 49.5. The molecule has 0 aliphatic carbocycles. The van der Waals surface area contributed by atoms with Gasteiger partial charge in [-0.25, -0.2) is 0 Å². The van der Waals surface area contributed by atoms with E-state index in [-0.39, 0.29) is 44.2 Å². The normalized spacial score (nSPS) is 13.6. The Morgan fingerprint density at radius 1 is 0.328 bits per heavy atom. The smallest absolute Gasteiger partial charge is 0.306 e. The van der Waals surface area contributed by atoms with Gasteiger partial charge in [0, 0.05) is 62.5 Å². The van der Waals surface area contributed by atoms with E-state index in [0.717, 1.165) is 103 Å².